The number of benzene rings is 1. The first-order chi connectivity index (χ1) is 20.4. The molecule has 5 N–H and O–H groups in total. The maximum absolute atomic E-state index is 13.5. The van der Waals surface area contributed by atoms with E-state index in [-0.39, 0.29) is 46.0 Å². The van der Waals surface area contributed by atoms with E-state index in [0.29, 0.717) is 37.1 Å². The van der Waals surface area contributed by atoms with Crippen molar-refractivity contribution >= 4 is 40.5 Å². The van der Waals surface area contributed by atoms with Crippen LogP contribution in [-0.4, -0.2) is 56.4 Å². The molecular weight excluding hydrogens is 569 g/mol. The summed E-state index contributed by atoms with van der Waals surface area (Å²) in [7, 11) is 0. The minimum absolute atomic E-state index is 0.0566. The summed E-state index contributed by atoms with van der Waals surface area (Å²) < 4.78 is 40.4. The molecule has 0 saturated carbocycles. The van der Waals surface area contributed by atoms with Crippen LogP contribution in [-0.2, 0) is 16.1 Å². The van der Waals surface area contributed by atoms with Gasteiger partial charge in [0.2, 0.25) is 11.9 Å². The Morgan fingerprint density at radius 1 is 1.14 bits per heavy atom. The lowest BCUT2D eigenvalue weighted by molar-refractivity contribution is -0.170. The van der Waals surface area contributed by atoms with Crippen molar-refractivity contribution in [1.29, 1.82) is 0 Å². The first-order valence-corrected chi connectivity index (χ1v) is 13.4. The van der Waals surface area contributed by atoms with E-state index >= 15 is 0 Å². The van der Waals surface area contributed by atoms with Crippen molar-refractivity contribution in [2.45, 2.75) is 64.2 Å². The number of hydrogen-bond donors (Lipinski definition) is 4. The van der Waals surface area contributed by atoms with Crippen LogP contribution in [0.3, 0.4) is 0 Å². The number of nitrogens with zero attached hydrogens (tertiary/aromatic N) is 4. The Morgan fingerprint density at radius 2 is 1.86 bits per heavy atom. The molecule has 12 nitrogen and oxygen atoms in total. The summed E-state index contributed by atoms with van der Waals surface area (Å²) in [6.07, 6.45) is 4.71. The minimum Gasteiger partial charge on any atom is -0.369 e. The number of halogens is 3. The Kier molecular flexibility index (Phi) is 11.2. The molecule has 3 rings (SSSR count). The molecule has 2 aromatic heterocycles. The highest BCUT2D eigenvalue weighted by molar-refractivity contribution is 5.98. The van der Waals surface area contributed by atoms with Crippen LogP contribution >= 0.6 is 0 Å². The Labute approximate surface area is 244 Å². The van der Waals surface area contributed by atoms with Crippen molar-refractivity contribution < 1.29 is 27.6 Å². The molecule has 0 radical (unpaired) electrons. The fraction of sp³-hybridized carbons (Fsp3) is 0.393. The van der Waals surface area contributed by atoms with E-state index in [1.807, 2.05) is 6.92 Å². The number of unbranched alkanes of at least 4 members (excludes halogenated alkanes) is 2. The molecule has 0 aliphatic rings. The van der Waals surface area contributed by atoms with Gasteiger partial charge in [-0.25, -0.2) is 9.97 Å². The zero-order valence-corrected chi connectivity index (χ0v) is 23.3. The number of hydrogen-bond acceptors (Lipinski definition) is 8. The zero-order valence-electron chi connectivity index (χ0n) is 23.3. The number of carbonyl (C=O) groups is 3. The van der Waals surface area contributed by atoms with Gasteiger partial charge in [-0.05, 0) is 56.9 Å². The average Bonchev–Trinajstić information content (AvgIpc) is 2.95. The van der Waals surface area contributed by atoms with Gasteiger partial charge in [0.05, 0.1) is 18.4 Å². The lowest BCUT2D eigenvalue weighted by Gasteiger charge is -2.24. The quantitative estimate of drug-likeness (QED) is 0.171. The normalized spacial score (nSPS) is 11.9. The van der Waals surface area contributed by atoms with Gasteiger partial charge in [-0.1, -0.05) is 0 Å². The molecule has 2 heterocycles. The van der Waals surface area contributed by atoms with Gasteiger partial charge in [-0.15, -0.1) is 12.3 Å². The van der Waals surface area contributed by atoms with Crippen molar-refractivity contribution in [3.05, 3.63) is 52.1 Å². The van der Waals surface area contributed by atoms with Gasteiger partial charge < -0.3 is 16.4 Å². The van der Waals surface area contributed by atoms with Crippen LogP contribution in [0.15, 0.2) is 35.3 Å². The fourth-order valence-corrected chi connectivity index (χ4v) is 4.06. The van der Waals surface area contributed by atoms with Crippen molar-refractivity contribution in [2.24, 2.45) is 0 Å². The van der Waals surface area contributed by atoms with E-state index in [4.69, 9.17) is 12.2 Å². The smallest absolute Gasteiger partial charge is 0.369 e. The van der Waals surface area contributed by atoms with Crippen molar-refractivity contribution in [3.63, 3.8) is 0 Å². The van der Waals surface area contributed by atoms with E-state index < -0.39 is 30.1 Å². The summed E-state index contributed by atoms with van der Waals surface area (Å²) >= 11 is 0. The van der Waals surface area contributed by atoms with Gasteiger partial charge in [0.15, 0.2) is 11.2 Å². The van der Waals surface area contributed by atoms with Crippen LogP contribution in [0.2, 0.25) is 0 Å². The van der Waals surface area contributed by atoms with Crippen LogP contribution in [0.4, 0.5) is 24.8 Å². The molecule has 0 bridgehead atoms. The maximum Gasteiger partial charge on any atom is 0.471 e. The summed E-state index contributed by atoms with van der Waals surface area (Å²) in [6, 6.07) is 4.81. The standard InChI is InChI=1S/C28H31F3N8O4/c1-3-4-5-9-21(40)33-14-7-6-8-17(2)35-24(41)18-10-12-20(13-11-18)39(26(43)28(29,30)31)16-19-15-34-23-22(36-19)25(42)38-27(32)37-23/h1,10-13,15,17H,4-9,14,16H2,2H3,(H,33,40)(H,35,41)(H3,32,34,37,38,42)/t17-/m1/s1. The molecule has 15 heteroatoms. The number of amides is 3. The van der Waals surface area contributed by atoms with E-state index in [0.717, 1.165) is 19.0 Å². The van der Waals surface area contributed by atoms with Gasteiger partial charge in [-0.3, -0.25) is 29.1 Å². The Bertz CT molecular complexity index is 1550. The van der Waals surface area contributed by atoms with E-state index in [1.165, 1.54) is 24.3 Å². The highest BCUT2D eigenvalue weighted by Gasteiger charge is 2.43. The third-order valence-electron chi connectivity index (χ3n) is 6.22. The number of aromatic nitrogens is 4. The maximum atomic E-state index is 13.5. The largest absolute Gasteiger partial charge is 0.471 e. The summed E-state index contributed by atoms with van der Waals surface area (Å²) in [4.78, 5) is 63.2. The molecule has 228 valence electrons. The number of H-pyrrole nitrogens is 1. The molecule has 0 spiro atoms. The summed E-state index contributed by atoms with van der Waals surface area (Å²) in [6.45, 7) is 1.66. The second-order valence-electron chi connectivity index (χ2n) is 9.70. The van der Waals surface area contributed by atoms with Crippen LogP contribution in [0.25, 0.3) is 11.2 Å². The van der Waals surface area contributed by atoms with Gasteiger partial charge in [-0.2, -0.15) is 18.2 Å². The van der Waals surface area contributed by atoms with Gasteiger partial charge >= 0.3 is 12.1 Å². The van der Waals surface area contributed by atoms with Crippen LogP contribution in [0.5, 0.6) is 0 Å². The number of alkyl halides is 3. The highest BCUT2D eigenvalue weighted by Crippen LogP contribution is 2.26. The molecule has 3 aromatic rings. The highest BCUT2D eigenvalue weighted by atomic mass is 19.4. The average molecular weight is 601 g/mol. The fourth-order valence-electron chi connectivity index (χ4n) is 4.06. The molecule has 3 amide bonds. The van der Waals surface area contributed by atoms with Gasteiger partial charge in [0, 0.05) is 36.7 Å². The van der Waals surface area contributed by atoms with Crippen molar-refractivity contribution in [3.8, 4) is 12.3 Å². The van der Waals surface area contributed by atoms with E-state index in [1.54, 1.807) is 0 Å². The van der Waals surface area contributed by atoms with Gasteiger partial charge in [0.1, 0.15) is 0 Å². The van der Waals surface area contributed by atoms with Crippen LogP contribution < -0.4 is 26.8 Å². The third kappa shape index (κ3) is 9.52. The number of nitrogen functional groups attached to an aromatic ring is 1. The second-order valence-corrected chi connectivity index (χ2v) is 9.70. The third-order valence-corrected chi connectivity index (χ3v) is 6.22. The number of anilines is 2. The number of terminal acetylenes is 1. The molecule has 0 unspecified atom stereocenters. The Balaban J connectivity index is 1.61. The predicted octanol–water partition coefficient (Wildman–Crippen LogP) is 2.60. The molecule has 0 saturated heterocycles. The van der Waals surface area contributed by atoms with E-state index in [2.05, 4.69) is 36.5 Å². The molecule has 0 aliphatic heterocycles. The van der Waals surface area contributed by atoms with Crippen molar-refractivity contribution in [1.82, 2.24) is 30.6 Å². The summed E-state index contributed by atoms with van der Waals surface area (Å²) in [5.74, 6) is -0.398. The number of rotatable bonds is 13. The summed E-state index contributed by atoms with van der Waals surface area (Å²) in [5.41, 5.74) is 4.27. The molecular formula is C28H31F3N8O4. The van der Waals surface area contributed by atoms with E-state index in [9.17, 15) is 32.3 Å². The first-order valence-electron chi connectivity index (χ1n) is 13.4. The molecule has 0 fully saturated rings. The number of fused-ring (bicyclic) bond motifs is 1. The predicted molar refractivity (Wildman–Crippen MR) is 153 cm³/mol. The van der Waals surface area contributed by atoms with Crippen molar-refractivity contribution in [2.75, 3.05) is 17.2 Å². The molecule has 1 atom stereocenters. The Morgan fingerprint density at radius 3 is 2.53 bits per heavy atom. The summed E-state index contributed by atoms with van der Waals surface area (Å²) in [5, 5.41) is 5.64. The number of carbonyl (C=O) groups excluding carboxylic acids is 3. The topological polar surface area (TPSA) is 176 Å². The van der Waals surface area contributed by atoms with Gasteiger partial charge in [0.25, 0.3) is 11.5 Å². The molecule has 43 heavy (non-hydrogen) atoms. The Hall–Kier alpha value is -5.00. The monoisotopic (exact) mass is 600 g/mol. The zero-order chi connectivity index (χ0) is 31.6. The molecule has 0 aliphatic carbocycles. The lowest BCUT2D eigenvalue weighted by Crippen LogP contribution is -2.41. The SMILES string of the molecule is C#CCCCC(=O)NCCCC[C@@H](C)NC(=O)c1ccc(N(Cc2cnc3nc(N)[nH]c(=O)c3n2)C(=O)C(F)(F)F)cc1. The lowest BCUT2D eigenvalue weighted by atomic mass is 10.1. The number of nitrogens with one attached hydrogen (secondary N) is 3. The molecule has 1 aromatic carbocycles. The van der Waals surface area contributed by atoms with Crippen LogP contribution in [0, 0.1) is 12.3 Å². The second kappa shape index (κ2) is 14.8. The van der Waals surface area contributed by atoms with Crippen LogP contribution in [0.1, 0.15) is 61.5 Å². The minimum atomic E-state index is -5.21. The first kappa shape index (κ1) is 32.5. The number of aromatic amines is 1. The number of nitrogens with two attached hydrogens (primary N) is 1.